The minimum atomic E-state index is -6.37. The van der Waals surface area contributed by atoms with Crippen molar-refractivity contribution < 1.29 is 53.1 Å². The first kappa shape index (κ1) is 31.2. The Labute approximate surface area is 241 Å². The predicted molar refractivity (Wildman–Crippen MR) is 135 cm³/mol. The Kier molecular flexibility index (Phi) is 7.37. The average Bonchev–Trinajstić information content (AvgIpc) is 3.42. The second-order valence-corrected chi connectivity index (χ2v) is 13.3. The van der Waals surface area contributed by atoms with Crippen LogP contribution in [0.4, 0.5) is 35.1 Å². The van der Waals surface area contributed by atoms with E-state index in [1.54, 1.807) is 0 Å². The van der Waals surface area contributed by atoms with E-state index in [0.717, 1.165) is 30.3 Å². The first-order chi connectivity index (χ1) is 19.9. The van der Waals surface area contributed by atoms with Crippen LogP contribution in [-0.2, 0) is 36.3 Å². The third-order valence-electron chi connectivity index (χ3n) is 8.97. The van der Waals surface area contributed by atoms with Gasteiger partial charge in [-0.3, -0.25) is 9.59 Å². The maximum absolute atomic E-state index is 15.0. The topological polar surface area (TPSA) is 74.8 Å². The molecular formula is C28H26F8N2O4S. The summed E-state index contributed by atoms with van der Waals surface area (Å²) in [7, 11) is -3.18. The summed E-state index contributed by atoms with van der Waals surface area (Å²) >= 11 is 0. The molecule has 2 amide bonds. The van der Waals surface area contributed by atoms with Crippen molar-refractivity contribution in [1.82, 2.24) is 9.80 Å². The van der Waals surface area contributed by atoms with Crippen LogP contribution in [0.2, 0.25) is 0 Å². The number of likely N-dealkylation sites (tertiary alicyclic amines) is 2. The molecule has 2 aliphatic heterocycles. The van der Waals surface area contributed by atoms with Crippen molar-refractivity contribution in [3.8, 4) is 0 Å². The number of hydrogen-bond donors (Lipinski definition) is 0. The van der Waals surface area contributed by atoms with E-state index in [-0.39, 0.29) is 73.1 Å². The third kappa shape index (κ3) is 4.51. The molecule has 2 saturated heterocycles. The summed E-state index contributed by atoms with van der Waals surface area (Å²) in [6.07, 6.45) is -12.9. The highest BCUT2D eigenvalue weighted by atomic mass is 32.2. The predicted octanol–water partition coefficient (Wildman–Crippen LogP) is 5.34. The van der Waals surface area contributed by atoms with Gasteiger partial charge in [0.2, 0.25) is 11.8 Å². The molecule has 3 aliphatic rings. The highest BCUT2D eigenvalue weighted by Crippen LogP contribution is 2.56. The molecule has 0 spiro atoms. The maximum Gasteiger partial charge on any atom is 0.435 e. The van der Waals surface area contributed by atoms with Gasteiger partial charge >= 0.3 is 18.0 Å². The maximum atomic E-state index is 15.0. The van der Waals surface area contributed by atoms with Crippen LogP contribution in [0.5, 0.6) is 0 Å². The lowest BCUT2D eigenvalue weighted by Gasteiger charge is -2.39. The Morgan fingerprint density at radius 3 is 2.12 bits per heavy atom. The van der Waals surface area contributed by atoms with E-state index in [4.69, 9.17) is 0 Å². The van der Waals surface area contributed by atoms with Crippen molar-refractivity contribution >= 4 is 21.7 Å². The van der Waals surface area contributed by atoms with Gasteiger partial charge in [0, 0.05) is 25.6 Å². The summed E-state index contributed by atoms with van der Waals surface area (Å²) in [6, 6.07) is 3.22. The fourth-order valence-electron chi connectivity index (χ4n) is 6.80. The Balaban J connectivity index is 1.71. The number of nitrogens with zero attached hydrogens (tertiary/aromatic N) is 2. The highest BCUT2D eigenvalue weighted by molar-refractivity contribution is 7.92. The van der Waals surface area contributed by atoms with Gasteiger partial charge in [0.25, 0.3) is 0 Å². The highest BCUT2D eigenvalue weighted by Gasteiger charge is 2.73. The van der Waals surface area contributed by atoms with Gasteiger partial charge in [0.15, 0.2) is 9.84 Å². The van der Waals surface area contributed by atoms with Gasteiger partial charge in [0.1, 0.15) is 16.6 Å². The number of likely N-dealkylation sites (N-methyl/N-ethyl adjacent to an activating group) is 1. The fourth-order valence-corrected chi connectivity index (χ4v) is 9.16. The van der Waals surface area contributed by atoms with E-state index in [1.165, 1.54) is 16.8 Å². The molecule has 3 atom stereocenters. The summed E-state index contributed by atoms with van der Waals surface area (Å²) in [5.74, 6) is -1.58. The van der Waals surface area contributed by atoms with Crippen LogP contribution in [0.25, 0.3) is 0 Å². The third-order valence-corrected chi connectivity index (χ3v) is 11.5. The Morgan fingerprint density at radius 2 is 1.56 bits per heavy atom. The minimum absolute atomic E-state index is 0.0140. The van der Waals surface area contributed by atoms with Gasteiger partial charge in [-0.05, 0) is 67.5 Å². The number of halogens is 8. The Hall–Kier alpha value is -3.23. The van der Waals surface area contributed by atoms with E-state index >= 15 is 4.39 Å². The number of fused-ring (bicyclic) bond motifs is 3. The van der Waals surface area contributed by atoms with Crippen LogP contribution in [0.1, 0.15) is 48.8 Å². The lowest BCUT2D eigenvalue weighted by molar-refractivity contribution is -0.348. The normalized spacial score (nSPS) is 25.0. The van der Waals surface area contributed by atoms with Crippen molar-refractivity contribution in [3.05, 3.63) is 65.0 Å². The molecule has 0 aromatic heterocycles. The SMILES string of the molecule is CN1C(=O)CC[C@H]1C(=O)N1CC[C@]2(S(=O)(=O)c3ccc(F)cc3)c3ccc(C(F)(C(F)(F)F)C(F)(F)F)cc3CCC[C@H]12. The van der Waals surface area contributed by atoms with Crippen molar-refractivity contribution in [2.45, 2.75) is 78.3 Å². The van der Waals surface area contributed by atoms with E-state index in [9.17, 15) is 48.7 Å². The van der Waals surface area contributed by atoms with E-state index in [2.05, 4.69) is 0 Å². The zero-order chi connectivity index (χ0) is 31.8. The van der Waals surface area contributed by atoms with Gasteiger partial charge in [-0.25, -0.2) is 17.2 Å². The monoisotopic (exact) mass is 638 g/mol. The van der Waals surface area contributed by atoms with Gasteiger partial charge in [-0.2, -0.15) is 26.3 Å². The summed E-state index contributed by atoms with van der Waals surface area (Å²) < 4.78 is 137. The molecule has 2 aromatic rings. The molecule has 6 nitrogen and oxygen atoms in total. The van der Waals surface area contributed by atoms with Gasteiger partial charge in [-0.15, -0.1) is 0 Å². The molecular weight excluding hydrogens is 612 g/mol. The molecule has 2 fully saturated rings. The molecule has 234 valence electrons. The molecule has 1 aliphatic carbocycles. The molecule has 2 heterocycles. The van der Waals surface area contributed by atoms with Crippen molar-refractivity contribution in [2.75, 3.05) is 13.6 Å². The fraction of sp³-hybridized carbons (Fsp3) is 0.500. The van der Waals surface area contributed by atoms with Crippen LogP contribution in [-0.4, -0.2) is 68.1 Å². The van der Waals surface area contributed by atoms with Crippen LogP contribution in [0.3, 0.4) is 0 Å². The summed E-state index contributed by atoms with van der Waals surface area (Å²) in [6.45, 7) is -0.151. The summed E-state index contributed by atoms with van der Waals surface area (Å²) in [4.78, 5) is 28.1. The molecule has 0 unspecified atom stereocenters. The van der Waals surface area contributed by atoms with Crippen LogP contribution in [0.15, 0.2) is 47.4 Å². The van der Waals surface area contributed by atoms with Crippen molar-refractivity contribution in [3.63, 3.8) is 0 Å². The number of rotatable bonds is 4. The molecule has 43 heavy (non-hydrogen) atoms. The number of sulfone groups is 1. The molecule has 15 heteroatoms. The number of amides is 2. The van der Waals surface area contributed by atoms with Gasteiger partial charge in [0.05, 0.1) is 10.9 Å². The molecule has 0 radical (unpaired) electrons. The Bertz CT molecular complexity index is 1540. The average molecular weight is 639 g/mol. The molecule has 5 rings (SSSR count). The lowest BCUT2D eigenvalue weighted by Crippen LogP contribution is -2.53. The molecule has 0 N–H and O–H groups in total. The minimum Gasteiger partial charge on any atom is -0.336 e. The molecule has 0 saturated carbocycles. The largest absolute Gasteiger partial charge is 0.435 e. The number of alkyl halides is 7. The van der Waals surface area contributed by atoms with Crippen molar-refractivity contribution in [1.29, 1.82) is 0 Å². The number of benzene rings is 2. The van der Waals surface area contributed by atoms with E-state index in [0.29, 0.717) is 6.07 Å². The Morgan fingerprint density at radius 1 is 0.930 bits per heavy atom. The summed E-state index contributed by atoms with van der Waals surface area (Å²) in [5.41, 5.74) is -7.85. The molecule has 0 bridgehead atoms. The first-order valence-electron chi connectivity index (χ1n) is 13.4. The van der Waals surface area contributed by atoms with Crippen LogP contribution in [0, 0.1) is 5.82 Å². The zero-order valence-electron chi connectivity index (χ0n) is 22.6. The van der Waals surface area contributed by atoms with E-state index < -0.39 is 62.0 Å². The number of aryl methyl sites for hydroxylation is 1. The van der Waals surface area contributed by atoms with Crippen LogP contribution < -0.4 is 0 Å². The quantitative estimate of drug-likeness (QED) is 0.335. The summed E-state index contributed by atoms with van der Waals surface area (Å²) in [5, 5.41) is 0. The zero-order valence-corrected chi connectivity index (χ0v) is 23.4. The van der Waals surface area contributed by atoms with E-state index in [1.807, 2.05) is 0 Å². The number of hydrogen-bond acceptors (Lipinski definition) is 4. The lowest BCUT2D eigenvalue weighted by atomic mass is 9.84. The number of carbonyl (C=O) groups is 2. The number of carbonyl (C=O) groups excluding carboxylic acids is 2. The first-order valence-corrected chi connectivity index (χ1v) is 14.9. The van der Waals surface area contributed by atoms with Crippen molar-refractivity contribution in [2.24, 2.45) is 0 Å². The van der Waals surface area contributed by atoms with Gasteiger partial charge < -0.3 is 9.80 Å². The standard InChI is InChI=1S/C28H26F8N2O4S/c1-37-21(11-12-23(37)39)24(40)38-14-13-25(43(41,42)19-8-6-18(29)7-9-19)20-10-5-17(15-16(20)3-2-4-22(25)38)26(30,27(31,32)33)28(34,35)36/h5-10,15,21-22H,2-4,11-14H2,1H3/t21-,22-,25-/m0/s1. The molecule has 2 aromatic carbocycles. The van der Waals surface area contributed by atoms with Gasteiger partial charge in [-0.1, -0.05) is 18.2 Å². The second kappa shape index (κ2) is 10.2. The second-order valence-electron chi connectivity index (χ2n) is 11.1. The van der Waals surface area contributed by atoms with Crippen LogP contribution >= 0.6 is 0 Å². The smallest absolute Gasteiger partial charge is 0.336 e.